The molecule has 0 rings (SSSR count). The zero-order chi connectivity index (χ0) is 42.8. The van der Waals surface area contributed by atoms with Gasteiger partial charge < -0.3 is 18.9 Å². The molecule has 0 aromatic carbocycles. The summed E-state index contributed by atoms with van der Waals surface area (Å²) in [7, 11) is 1.40. The van der Waals surface area contributed by atoms with Crippen molar-refractivity contribution in [2.24, 2.45) is 0 Å². The van der Waals surface area contributed by atoms with Gasteiger partial charge in [-0.15, -0.1) is 0 Å². The Labute approximate surface area is 354 Å². The Kier molecular flexibility index (Phi) is 37.7. The molecule has 0 fully saturated rings. The third-order valence-electron chi connectivity index (χ3n) is 8.90. The number of nitrogens with zero attached hydrogens (tertiary/aromatic N) is 1. The molecule has 0 radical (unpaired) electrons. The monoisotopic (exact) mass is 833 g/mol. The molecule has 332 valence electrons. The molecule has 0 saturated heterocycles. The maximum Gasteiger partial charge on any atom is 0.472 e. The maximum atomic E-state index is 12.7. The summed E-state index contributed by atoms with van der Waals surface area (Å²) < 4.78 is 34.2. The molecule has 0 amide bonds. The van der Waals surface area contributed by atoms with E-state index in [1.165, 1.54) is 64.2 Å². The van der Waals surface area contributed by atoms with Gasteiger partial charge in [0.05, 0.1) is 27.7 Å². The topological polar surface area (TPSA) is 108 Å². The lowest BCUT2D eigenvalue weighted by Gasteiger charge is -2.24. The molecular weight excluding hydrogens is 750 g/mol. The summed E-state index contributed by atoms with van der Waals surface area (Å²) in [5.41, 5.74) is 0. The summed E-state index contributed by atoms with van der Waals surface area (Å²) in [5.74, 6) is -0.934. The van der Waals surface area contributed by atoms with Crippen LogP contribution in [0.1, 0.15) is 155 Å². The van der Waals surface area contributed by atoms with Crippen LogP contribution in [0.4, 0.5) is 0 Å². The maximum absolute atomic E-state index is 12.7. The predicted molar refractivity (Wildman–Crippen MR) is 242 cm³/mol. The van der Waals surface area contributed by atoms with Crippen molar-refractivity contribution < 1.29 is 42.1 Å². The van der Waals surface area contributed by atoms with Crippen LogP contribution in [0, 0.1) is 0 Å². The predicted octanol–water partition coefficient (Wildman–Crippen LogP) is 12.8. The second-order valence-electron chi connectivity index (χ2n) is 15.7. The number of esters is 2. The zero-order valence-electron chi connectivity index (χ0n) is 37.2. The van der Waals surface area contributed by atoms with Crippen molar-refractivity contribution in [1.29, 1.82) is 0 Å². The first-order chi connectivity index (χ1) is 28.0. The molecule has 0 aliphatic carbocycles. The van der Waals surface area contributed by atoms with E-state index in [1.54, 1.807) is 0 Å². The zero-order valence-corrected chi connectivity index (χ0v) is 38.1. The summed E-state index contributed by atoms with van der Waals surface area (Å²) >= 11 is 0. The molecule has 1 N–H and O–H groups in total. The quantitative estimate of drug-likeness (QED) is 0.0214. The average Bonchev–Trinajstić information content (AvgIpc) is 3.17. The number of likely N-dealkylation sites (N-methyl/N-ethyl adjacent to an activating group) is 1. The third-order valence-corrected chi connectivity index (χ3v) is 9.88. The van der Waals surface area contributed by atoms with E-state index in [2.05, 4.69) is 92.8 Å². The molecule has 58 heavy (non-hydrogen) atoms. The lowest BCUT2D eigenvalue weighted by Crippen LogP contribution is -2.37. The lowest BCUT2D eigenvalue weighted by atomic mass is 10.1. The molecule has 10 heteroatoms. The fraction of sp³-hybridized carbons (Fsp3) is 0.667. The van der Waals surface area contributed by atoms with E-state index in [0.717, 1.165) is 44.9 Å². The second-order valence-corrected chi connectivity index (χ2v) is 17.2. The molecule has 0 aromatic rings. The number of carbonyl (C=O) groups excluding carboxylic acids is 2. The fourth-order valence-corrected chi connectivity index (χ4v) is 6.11. The number of phosphoric acid groups is 1. The van der Waals surface area contributed by atoms with Crippen molar-refractivity contribution in [2.45, 2.75) is 161 Å². The number of quaternary nitrogens is 1. The van der Waals surface area contributed by atoms with Crippen LogP contribution in [0.5, 0.6) is 0 Å². The first-order valence-corrected chi connectivity index (χ1v) is 23.8. The standard InChI is InChI=1S/C48H82NO8P/c1-6-8-10-12-14-16-18-20-22-24-26-28-30-32-34-36-38-40-47(50)54-44-46(45-56-58(52,53)55-43-42-49(3,4)5)57-48(51)41-39-37-35-33-31-29-27-25-23-21-19-17-15-13-11-9-7-2/h15,17,20-23,26-29,32-35,46H,6-14,16,18-19,24-25,30-31,36-45H2,1-5H3/p+1/b17-15+,22-20+,23-21+,28-26+,29-27+,34-32+,35-33+/t46-/m1/s1. The molecule has 0 heterocycles. The Hall–Kier alpha value is -2.81. The van der Waals surface area contributed by atoms with Crippen LogP contribution in [-0.2, 0) is 32.7 Å². The Bertz CT molecular complexity index is 1260. The van der Waals surface area contributed by atoms with Gasteiger partial charge in [0.25, 0.3) is 0 Å². The minimum atomic E-state index is -4.41. The van der Waals surface area contributed by atoms with Crippen molar-refractivity contribution in [3.05, 3.63) is 85.1 Å². The van der Waals surface area contributed by atoms with E-state index in [4.69, 9.17) is 18.5 Å². The van der Waals surface area contributed by atoms with Crippen molar-refractivity contribution in [3.8, 4) is 0 Å². The van der Waals surface area contributed by atoms with Crippen molar-refractivity contribution >= 4 is 19.8 Å². The van der Waals surface area contributed by atoms with E-state index in [-0.39, 0.29) is 26.1 Å². The highest BCUT2D eigenvalue weighted by Gasteiger charge is 2.27. The van der Waals surface area contributed by atoms with Gasteiger partial charge in [-0.1, -0.05) is 144 Å². The fourth-order valence-electron chi connectivity index (χ4n) is 5.37. The Morgan fingerprint density at radius 2 is 0.931 bits per heavy atom. The van der Waals surface area contributed by atoms with Gasteiger partial charge in [0.15, 0.2) is 6.10 Å². The summed E-state index contributed by atoms with van der Waals surface area (Å²) in [6, 6.07) is 0. The Balaban J connectivity index is 4.55. The first kappa shape index (κ1) is 55.2. The normalized spacial score (nSPS) is 14.4. The van der Waals surface area contributed by atoms with Crippen LogP contribution in [0.25, 0.3) is 0 Å². The molecule has 0 aliphatic rings. The van der Waals surface area contributed by atoms with Gasteiger partial charge in [0, 0.05) is 12.8 Å². The number of carbonyl (C=O) groups is 2. The van der Waals surface area contributed by atoms with E-state index < -0.39 is 32.5 Å². The van der Waals surface area contributed by atoms with E-state index >= 15 is 0 Å². The summed E-state index contributed by atoms with van der Waals surface area (Å²) in [6.45, 7) is 4.24. The van der Waals surface area contributed by atoms with Crippen molar-refractivity contribution in [3.63, 3.8) is 0 Å². The molecule has 0 aliphatic heterocycles. The van der Waals surface area contributed by atoms with Crippen LogP contribution in [0.2, 0.25) is 0 Å². The summed E-state index contributed by atoms with van der Waals surface area (Å²) in [6.07, 6.45) is 50.8. The highest BCUT2D eigenvalue weighted by Crippen LogP contribution is 2.43. The van der Waals surface area contributed by atoms with Crippen molar-refractivity contribution in [1.82, 2.24) is 0 Å². The van der Waals surface area contributed by atoms with Crippen LogP contribution >= 0.6 is 7.82 Å². The highest BCUT2D eigenvalue weighted by atomic mass is 31.2. The minimum Gasteiger partial charge on any atom is -0.462 e. The smallest absolute Gasteiger partial charge is 0.462 e. The average molecular weight is 833 g/mol. The number of hydrogen-bond acceptors (Lipinski definition) is 7. The van der Waals surface area contributed by atoms with Gasteiger partial charge in [0.2, 0.25) is 0 Å². The van der Waals surface area contributed by atoms with E-state index in [9.17, 15) is 19.0 Å². The van der Waals surface area contributed by atoms with Crippen LogP contribution in [0.3, 0.4) is 0 Å². The summed E-state index contributed by atoms with van der Waals surface area (Å²) in [5, 5.41) is 0. The highest BCUT2D eigenvalue weighted by molar-refractivity contribution is 7.47. The number of ether oxygens (including phenoxy) is 2. The van der Waals surface area contributed by atoms with E-state index in [0.29, 0.717) is 30.3 Å². The third kappa shape index (κ3) is 42.8. The summed E-state index contributed by atoms with van der Waals surface area (Å²) in [4.78, 5) is 35.3. The first-order valence-electron chi connectivity index (χ1n) is 22.3. The number of hydrogen-bond donors (Lipinski definition) is 1. The molecule has 0 aromatic heterocycles. The van der Waals surface area contributed by atoms with Gasteiger partial charge >= 0.3 is 19.8 Å². The van der Waals surface area contributed by atoms with Gasteiger partial charge in [-0.05, 0) is 83.5 Å². The molecule has 2 atom stereocenters. The number of rotatable bonds is 39. The molecule has 0 spiro atoms. The number of phosphoric ester groups is 1. The van der Waals surface area contributed by atoms with Gasteiger partial charge in [-0.2, -0.15) is 0 Å². The SMILES string of the molecule is CCCCC/C=C/C/C=C/C/C=C/C/C=C/CCCC(=O)O[C@H](COC(=O)CCC/C=C/C/C=C/C/C=C/CCCCCCCC)COP(=O)(O)OCC[N+](C)(C)C. The van der Waals surface area contributed by atoms with E-state index in [1.807, 2.05) is 27.2 Å². The Morgan fingerprint density at radius 3 is 1.41 bits per heavy atom. The van der Waals surface area contributed by atoms with Crippen LogP contribution in [0.15, 0.2) is 85.1 Å². The van der Waals surface area contributed by atoms with Crippen molar-refractivity contribution in [2.75, 3.05) is 47.5 Å². The molecule has 0 bridgehead atoms. The molecule has 0 saturated carbocycles. The second kappa shape index (κ2) is 39.6. The minimum absolute atomic E-state index is 0.00956. The van der Waals surface area contributed by atoms with Gasteiger partial charge in [0.1, 0.15) is 19.8 Å². The molecular formula is C48H83NO8P+. The number of allylic oxidation sites excluding steroid dienone is 14. The lowest BCUT2D eigenvalue weighted by molar-refractivity contribution is -0.870. The Morgan fingerprint density at radius 1 is 0.534 bits per heavy atom. The molecule has 9 nitrogen and oxygen atoms in total. The molecule has 1 unspecified atom stereocenters. The number of unbranched alkanes of at least 4 members (excludes halogenated alkanes) is 11. The van der Waals surface area contributed by atoms with Gasteiger partial charge in [-0.25, -0.2) is 4.57 Å². The van der Waals surface area contributed by atoms with Crippen LogP contribution in [-0.4, -0.2) is 74.9 Å². The largest absolute Gasteiger partial charge is 0.472 e. The van der Waals surface area contributed by atoms with Crippen LogP contribution < -0.4 is 0 Å². The van der Waals surface area contributed by atoms with Gasteiger partial charge in [-0.3, -0.25) is 18.6 Å².